The second kappa shape index (κ2) is 6.69. The van der Waals surface area contributed by atoms with Crippen molar-refractivity contribution in [1.29, 1.82) is 0 Å². The van der Waals surface area contributed by atoms with E-state index in [-0.39, 0.29) is 0 Å². The summed E-state index contributed by atoms with van der Waals surface area (Å²) in [7, 11) is 0. The summed E-state index contributed by atoms with van der Waals surface area (Å²) in [6, 6.07) is 0.532. The molecule has 3 atom stereocenters. The second-order valence-electron chi connectivity index (χ2n) is 5.40. The molecular formula is C13H26N2O2. The molecule has 4 heteroatoms. The smallest absolute Gasteiger partial charge is 0.0725 e. The standard InChI is InChI=1S/C13H26N2O2/c1-11-3-6-17-13(11)9-14-12(2)10-15-4-7-16-8-5-15/h11-14H,3-10H2,1-2H3. The monoisotopic (exact) mass is 242 g/mol. The van der Waals surface area contributed by atoms with Crippen molar-refractivity contribution in [3.63, 3.8) is 0 Å². The Kier molecular flexibility index (Phi) is 5.22. The Morgan fingerprint density at radius 3 is 2.71 bits per heavy atom. The summed E-state index contributed by atoms with van der Waals surface area (Å²) < 4.78 is 11.1. The molecule has 0 radical (unpaired) electrons. The molecule has 0 aromatic carbocycles. The van der Waals surface area contributed by atoms with Crippen LogP contribution < -0.4 is 5.32 Å². The third kappa shape index (κ3) is 4.21. The molecule has 0 spiro atoms. The molecule has 0 aromatic rings. The molecule has 0 aliphatic carbocycles. The molecule has 2 rings (SSSR count). The van der Waals surface area contributed by atoms with Crippen LogP contribution in [0.4, 0.5) is 0 Å². The van der Waals surface area contributed by atoms with E-state index in [4.69, 9.17) is 9.47 Å². The van der Waals surface area contributed by atoms with Gasteiger partial charge in [0.1, 0.15) is 0 Å². The first kappa shape index (κ1) is 13.3. The first-order valence-corrected chi connectivity index (χ1v) is 6.91. The van der Waals surface area contributed by atoms with Crippen LogP contribution in [-0.2, 0) is 9.47 Å². The number of morpholine rings is 1. The van der Waals surface area contributed by atoms with E-state index in [9.17, 15) is 0 Å². The summed E-state index contributed by atoms with van der Waals surface area (Å²) in [5.41, 5.74) is 0. The van der Waals surface area contributed by atoms with E-state index in [2.05, 4.69) is 24.1 Å². The van der Waals surface area contributed by atoms with Gasteiger partial charge in [-0.3, -0.25) is 4.90 Å². The maximum Gasteiger partial charge on any atom is 0.0725 e. The Morgan fingerprint density at radius 2 is 2.06 bits per heavy atom. The number of hydrogen-bond acceptors (Lipinski definition) is 4. The number of rotatable bonds is 5. The van der Waals surface area contributed by atoms with E-state index >= 15 is 0 Å². The van der Waals surface area contributed by atoms with E-state index in [0.717, 1.165) is 46.0 Å². The van der Waals surface area contributed by atoms with Crippen LogP contribution in [0.2, 0.25) is 0 Å². The number of nitrogens with zero attached hydrogens (tertiary/aromatic N) is 1. The summed E-state index contributed by atoms with van der Waals surface area (Å²) in [6.07, 6.45) is 1.63. The van der Waals surface area contributed by atoms with Crippen molar-refractivity contribution < 1.29 is 9.47 Å². The Bertz CT molecular complexity index is 219. The van der Waals surface area contributed by atoms with Crippen LogP contribution in [0.25, 0.3) is 0 Å². The van der Waals surface area contributed by atoms with Crippen LogP contribution in [0.3, 0.4) is 0 Å². The molecule has 0 bridgehead atoms. The summed E-state index contributed by atoms with van der Waals surface area (Å²) in [5, 5.41) is 3.59. The minimum absolute atomic E-state index is 0.419. The van der Waals surface area contributed by atoms with Gasteiger partial charge in [-0.15, -0.1) is 0 Å². The van der Waals surface area contributed by atoms with E-state index in [1.54, 1.807) is 0 Å². The fourth-order valence-electron chi connectivity index (χ4n) is 2.57. The zero-order chi connectivity index (χ0) is 12.1. The lowest BCUT2D eigenvalue weighted by molar-refractivity contribution is 0.0327. The number of hydrogen-bond donors (Lipinski definition) is 1. The first-order chi connectivity index (χ1) is 8.25. The van der Waals surface area contributed by atoms with Crippen molar-refractivity contribution in [1.82, 2.24) is 10.2 Å². The van der Waals surface area contributed by atoms with Gasteiger partial charge < -0.3 is 14.8 Å². The summed E-state index contributed by atoms with van der Waals surface area (Å²) in [5.74, 6) is 0.707. The van der Waals surface area contributed by atoms with E-state index in [1.165, 1.54) is 6.42 Å². The van der Waals surface area contributed by atoms with Crippen molar-refractivity contribution in [2.45, 2.75) is 32.4 Å². The van der Waals surface area contributed by atoms with Crippen LogP contribution in [0.1, 0.15) is 20.3 Å². The van der Waals surface area contributed by atoms with Crippen LogP contribution in [0.5, 0.6) is 0 Å². The van der Waals surface area contributed by atoms with Crippen molar-refractivity contribution in [3.05, 3.63) is 0 Å². The predicted molar refractivity (Wildman–Crippen MR) is 68.2 cm³/mol. The molecule has 17 heavy (non-hydrogen) atoms. The largest absolute Gasteiger partial charge is 0.379 e. The molecule has 100 valence electrons. The van der Waals surface area contributed by atoms with E-state index in [0.29, 0.717) is 18.1 Å². The lowest BCUT2D eigenvalue weighted by atomic mass is 10.0. The first-order valence-electron chi connectivity index (χ1n) is 6.91. The highest BCUT2D eigenvalue weighted by atomic mass is 16.5. The summed E-state index contributed by atoms with van der Waals surface area (Å²) >= 11 is 0. The van der Waals surface area contributed by atoms with Crippen LogP contribution in [-0.4, -0.2) is 63.0 Å². The molecule has 4 nitrogen and oxygen atoms in total. The molecule has 2 aliphatic rings. The fraction of sp³-hybridized carbons (Fsp3) is 1.00. The van der Waals surface area contributed by atoms with Gasteiger partial charge in [-0.2, -0.15) is 0 Å². The van der Waals surface area contributed by atoms with Crippen LogP contribution in [0, 0.1) is 5.92 Å². The number of ether oxygens (including phenoxy) is 2. The third-order valence-electron chi connectivity index (χ3n) is 3.84. The third-order valence-corrected chi connectivity index (χ3v) is 3.84. The quantitative estimate of drug-likeness (QED) is 0.770. The molecular weight excluding hydrogens is 216 g/mol. The normalized spacial score (nSPS) is 32.8. The predicted octanol–water partition coefficient (Wildman–Crippen LogP) is 0.722. The Labute approximate surface area is 105 Å². The second-order valence-corrected chi connectivity index (χ2v) is 5.40. The van der Waals surface area contributed by atoms with Gasteiger partial charge in [0, 0.05) is 38.8 Å². The summed E-state index contributed by atoms with van der Waals surface area (Å²) in [4.78, 5) is 2.47. The maximum absolute atomic E-state index is 5.71. The molecule has 1 N–H and O–H groups in total. The Morgan fingerprint density at radius 1 is 1.29 bits per heavy atom. The highest BCUT2D eigenvalue weighted by Gasteiger charge is 2.24. The lowest BCUT2D eigenvalue weighted by Crippen LogP contribution is -2.46. The number of nitrogens with one attached hydrogen (secondary N) is 1. The van der Waals surface area contributed by atoms with Gasteiger partial charge in [0.05, 0.1) is 19.3 Å². The lowest BCUT2D eigenvalue weighted by Gasteiger charge is -2.30. The highest BCUT2D eigenvalue weighted by Crippen LogP contribution is 2.19. The molecule has 0 amide bonds. The molecule has 2 fully saturated rings. The SMILES string of the molecule is CC(CN1CCOCC1)NCC1OCCC1C. The van der Waals surface area contributed by atoms with E-state index in [1.807, 2.05) is 0 Å². The molecule has 2 aliphatic heterocycles. The van der Waals surface area contributed by atoms with Gasteiger partial charge >= 0.3 is 0 Å². The maximum atomic E-state index is 5.71. The molecule has 0 aromatic heterocycles. The average Bonchev–Trinajstić information content (AvgIpc) is 2.74. The van der Waals surface area contributed by atoms with Gasteiger partial charge in [0.2, 0.25) is 0 Å². The minimum Gasteiger partial charge on any atom is -0.379 e. The van der Waals surface area contributed by atoms with Crippen LogP contribution >= 0.6 is 0 Å². The molecule has 2 saturated heterocycles. The van der Waals surface area contributed by atoms with Crippen molar-refractivity contribution in [2.75, 3.05) is 46.0 Å². The van der Waals surface area contributed by atoms with Gasteiger partial charge in [0.25, 0.3) is 0 Å². The Balaban J connectivity index is 1.61. The van der Waals surface area contributed by atoms with Crippen molar-refractivity contribution in [2.24, 2.45) is 5.92 Å². The highest BCUT2D eigenvalue weighted by molar-refractivity contribution is 4.77. The average molecular weight is 242 g/mol. The molecule has 0 saturated carbocycles. The molecule has 3 unspecified atom stereocenters. The van der Waals surface area contributed by atoms with Crippen LogP contribution in [0.15, 0.2) is 0 Å². The zero-order valence-electron chi connectivity index (χ0n) is 11.2. The van der Waals surface area contributed by atoms with Crippen molar-refractivity contribution >= 4 is 0 Å². The topological polar surface area (TPSA) is 33.7 Å². The molecule has 2 heterocycles. The van der Waals surface area contributed by atoms with E-state index < -0.39 is 0 Å². The van der Waals surface area contributed by atoms with Gasteiger partial charge in [-0.05, 0) is 19.3 Å². The van der Waals surface area contributed by atoms with Gasteiger partial charge in [0.15, 0.2) is 0 Å². The zero-order valence-corrected chi connectivity index (χ0v) is 11.2. The summed E-state index contributed by atoms with van der Waals surface area (Å²) in [6.45, 7) is 11.5. The van der Waals surface area contributed by atoms with Gasteiger partial charge in [-0.25, -0.2) is 0 Å². The fourth-order valence-corrected chi connectivity index (χ4v) is 2.57. The van der Waals surface area contributed by atoms with Gasteiger partial charge in [-0.1, -0.05) is 6.92 Å². The Hall–Kier alpha value is -0.160. The van der Waals surface area contributed by atoms with Crippen molar-refractivity contribution in [3.8, 4) is 0 Å². The minimum atomic E-state index is 0.419.